The third-order valence-corrected chi connectivity index (χ3v) is 1.28. The topological polar surface area (TPSA) is 93.0 Å². The molecule has 0 atom stereocenters. The van der Waals surface area contributed by atoms with Crippen LogP contribution in [0.4, 0.5) is 5.69 Å². The number of carbonyl (C=O) groups excluding carboxylic acids is 1. The minimum absolute atomic E-state index is 0.0162. The van der Waals surface area contributed by atoms with Crippen molar-refractivity contribution >= 4 is 11.6 Å². The first kappa shape index (κ1) is 9.69. The van der Waals surface area contributed by atoms with Crippen LogP contribution in [-0.4, -0.2) is 35.9 Å². The molecule has 0 aliphatic rings. The summed E-state index contributed by atoms with van der Waals surface area (Å²) in [4.78, 5) is 11.1. The zero-order chi connectivity index (χ0) is 9.52. The quantitative estimate of drug-likeness (QED) is 0.529. The Kier molecular flexibility index (Phi) is 3.94. The molecule has 0 unspecified atom stereocenters. The van der Waals surface area contributed by atoms with Gasteiger partial charge in [0.05, 0.1) is 18.5 Å². The summed E-state index contributed by atoms with van der Waals surface area (Å²) in [7, 11) is 0. The standard InChI is InChI=1S/C7H12N4O2/c8-1-2-13-5-7(12)11-6-3-9-10-4-6/h3-4H,1-2,5,8H2,(H,9,10)(H,11,12). The second-order valence-electron chi connectivity index (χ2n) is 2.38. The number of nitrogens with zero attached hydrogens (tertiary/aromatic N) is 1. The molecule has 6 heteroatoms. The van der Waals surface area contributed by atoms with Crippen LogP contribution >= 0.6 is 0 Å². The summed E-state index contributed by atoms with van der Waals surface area (Å²) in [5.74, 6) is -0.213. The average Bonchev–Trinajstić information content (AvgIpc) is 2.57. The average molecular weight is 184 g/mol. The van der Waals surface area contributed by atoms with Gasteiger partial charge in [0, 0.05) is 12.7 Å². The number of H-pyrrole nitrogens is 1. The summed E-state index contributed by atoms with van der Waals surface area (Å²) in [5.41, 5.74) is 5.81. The lowest BCUT2D eigenvalue weighted by molar-refractivity contribution is -0.120. The Morgan fingerprint density at radius 2 is 2.62 bits per heavy atom. The van der Waals surface area contributed by atoms with Crippen molar-refractivity contribution in [2.24, 2.45) is 5.73 Å². The van der Waals surface area contributed by atoms with E-state index in [0.29, 0.717) is 18.8 Å². The minimum atomic E-state index is -0.213. The lowest BCUT2D eigenvalue weighted by Gasteiger charge is -2.02. The molecule has 1 heterocycles. The molecular weight excluding hydrogens is 172 g/mol. The van der Waals surface area contributed by atoms with E-state index in [9.17, 15) is 4.79 Å². The van der Waals surface area contributed by atoms with Gasteiger partial charge in [-0.1, -0.05) is 0 Å². The summed E-state index contributed by atoms with van der Waals surface area (Å²) in [6, 6.07) is 0. The molecule has 6 nitrogen and oxygen atoms in total. The summed E-state index contributed by atoms with van der Waals surface area (Å²) in [6.45, 7) is 0.820. The van der Waals surface area contributed by atoms with E-state index in [1.807, 2.05) is 0 Å². The molecule has 0 fully saturated rings. The van der Waals surface area contributed by atoms with Crippen molar-refractivity contribution in [2.75, 3.05) is 25.1 Å². The molecular formula is C7H12N4O2. The predicted octanol–water partition coefficient (Wildman–Crippen LogP) is -0.677. The van der Waals surface area contributed by atoms with Gasteiger partial charge in [-0.15, -0.1) is 0 Å². The van der Waals surface area contributed by atoms with E-state index in [1.54, 1.807) is 6.20 Å². The van der Waals surface area contributed by atoms with E-state index in [2.05, 4.69) is 15.5 Å². The number of nitrogens with one attached hydrogen (secondary N) is 2. The predicted molar refractivity (Wildman–Crippen MR) is 47.1 cm³/mol. The summed E-state index contributed by atoms with van der Waals surface area (Å²) >= 11 is 0. The van der Waals surface area contributed by atoms with Crippen LogP contribution in [0.15, 0.2) is 12.4 Å². The number of ether oxygens (including phenoxy) is 1. The maximum atomic E-state index is 11.1. The van der Waals surface area contributed by atoms with Crippen molar-refractivity contribution in [1.29, 1.82) is 0 Å². The normalized spacial score (nSPS) is 9.92. The summed E-state index contributed by atoms with van der Waals surface area (Å²) in [5, 5.41) is 8.83. The highest BCUT2D eigenvalue weighted by atomic mass is 16.5. The number of amides is 1. The smallest absolute Gasteiger partial charge is 0.250 e. The fraction of sp³-hybridized carbons (Fsp3) is 0.429. The Morgan fingerprint density at radius 1 is 1.77 bits per heavy atom. The molecule has 0 aromatic carbocycles. The van der Waals surface area contributed by atoms with Crippen molar-refractivity contribution in [3.63, 3.8) is 0 Å². The highest BCUT2D eigenvalue weighted by Crippen LogP contribution is 1.99. The highest BCUT2D eigenvalue weighted by Gasteiger charge is 2.01. The Labute approximate surface area is 75.5 Å². The zero-order valence-corrected chi connectivity index (χ0v) is 7.12. The molecule has 0 aliphatic carbocycles. The van der Waals surface area contributed by atoms with Crippen LogP contribution < -0.4 is 11.1 Å². The first-order chi connectivity index (χ1) is 6.33. The van der Waals surface area contributed by atoms with E-state index in [-0.39, 0.29) is 12.5 Å². The van der Waals surface area contributed by atoms with E-state index in [1.165, 1.54) is 6.20 Å². The van der Waals surface area contributed by atoms with E-state index >= 15 is 0 Å². The second kappa shape index (κ2) is 5.28. The molecule has 1 aromatic rings. The summed E-state index contributed by atoms with van der Waals surface area (Å²) in [6.07, 6.45) is 3.10. The van der Waals surface area contributed by atoms with E-state index in [0.717, 1.165) is 0 Å². The molecule has 1 rings (SSSR count). The molecule has 0 aliphatic heterocycles. The molecule has 1 amide bonds. The van der Waals surface area contributed by atoms with Gasteiger partial charge >= 0.3 is 0 Å². The number of hydrogen-bond donors (Lipinski definition) is 3. The van der Waals surface area contributed by atoms with E-state index in [4.69, 9.17) is 10.5 Å². The molecule has 0 spiro atoms. The number of aromatic nitrogens is 2. The number of nitrogens with two attached hydrogens (primary N) is 1. The first-order valence-electron chi connectivity index (χ1n) is 3.89. The lowest BCUT2D eigenvalue weighted by Crippen LogP contribution is -2.20. The largest absolute Gasteiger partial charge is 0.370 e. The Balaban J connectivity index is 2.18. The van der Waals surface area contributed by atoms with Crippen LogP contribution in [0.2, 0.25) is 0 Å². The van der Waals surface area contributed by atoms with Crippen LogP contribution in [0.25, 0.3) is 0 Å². The molecule has 0 saturated carbocycles. The van der Waals surface area contributed by atoms with Crippen molar-refractivity contribution in [2.45, 2.75) is 0 Å². The van der Waals surface area contributed by atoms with Gasteiger partial charge in [-0.3, -0.25) is 9.89 Å². The molecule has 13 heavy (non-hydrogen) atoms. The number of carbonyl (C=O) groups is 1. The van der Waals surface area contributed by atoms with Gasteiger partial charge in [0.15, 0.2) is 0 Å². The molecule has 72 valence electrons. The Morgan fingerprint density at radius 3 is 3.23 bits per heavy atom. The van der Waals surface area contributed by atoms with Gasteiger partial charge in [-0.05, 0) is 0 Å². The first-order valence-corrected chi connectivity index (χ1v) is 3.89. The van der Waals surface area contributed by atoms with Crippen molar-refractivity contribution in [3.8, 4) is 0 Å². The zero-order valence-electron chi connectivity index (χ0n) is 7.12. The number of hydrogen-bond acceptors (Lipinski definition) is 4. The second-order valence-corrected chi connectivity index (χ2v) is 2.38. The lowest BCUT2D eigenvalue weighted by atomic mass is 10.5. The van der Waals surface area contributed by atoms with Gasteiger partial charge in [0.25, 0.3) is 0 Å². The fourth-order valence-corrected chi connectivity index (χ4v) is 0.765. The van der Waals surface area contributed by atoms with Crippen LogP contribution in [0.5, 0.6) is 0 Å². The third-order valence-electron chi connectivity index (χ3n) is 1.28. The van der Waals surface area contributed by atoms with E-state index < -0.39 is 0 Å². The van der Waals surface area contributed by atoms with Crippen molar-refractivity contribution < 1.29 is 9.53 Å². The van der Waals surface area contributed by atoms with Crippen molar-refractivity contribution in [3.05, 3.63) is 12.4 Å². The van der Waals surface area contributed by atoms with Crippen LogP contribution in [-0.2, 0) is 9.53 Å². The van der Waals surface area contributed by atoms with Gasteiger partial charge in [0.2, 0.25) is 5.91 Å². The van der Waals surface area contributed by atoms with Gasteiger partial charge in [-0.25, -0.2) is 0 Å². The van der Waals surface area contributed by atoms with Gasteiger partial charge < -0.3 is 15.8 Å². The monoisotopic (exact) mass is 184 g/mol. The minimum Gasteiger partial charge on any atom is -0.370 e. The van der Waals surface area contributed by atoms with Gasteiger partial charge in [-0.2, -0.15) is 5.10 Å². The highest BCUT2D eigenvalue weighted by molar-refractivity contribution is 5.91. The Bertz CT molecular complexity index is 247. The maximum absolute atomic E-state index is 11.1. The van der Waals surface area contributed by atoms with Crippen LogP contribution in [0, 0.1) is 0 Å². The summed E-state index contributed by atoms with van der Waals surface area (Å²) < 4.78 is 4.93. The number of rotatable bonds is 5. The molecule has 0 radical (unpaired) electrons. The number of aromatic amines is 1. The molecule has 0 saturated heterocycles. The van der Waals surface area contributed by atoms with Gasteiger partial charge in [0.1, 0.15) is 6.61 Å². The fourth-order valence-electron chi connectivity index (χ4n) is 0.765. The number of anilines is 1. The molecule has 4 N–H and O–H groups in total. The van der Waals surface area contributed by atoms with Crippen molar-refractivity contribution in [1.82, 2.24) is 10.2 Å². The third kappa shape index (κ3) is 3.68. The Hall–Kier alpha value is -1.40. The van der Waals surface area contributed by atoms with Crippen LogP contribution in [0.1, 0.15) is 0 Å². The molecule has 0 bridgehead atoms. The van der Waals surface area contributed by atoms with Crippen LogP contribution in [0.3, 0.4) is 0 Å². The maximum Gasteiger partial charge on any atom is 0.250 e. The SMILES string of the molecule is NCCOCC(=O)Nc1cn[nH]c1. The molecule has 1 aromatic heterocycles.